The van der Waals surface area contributed by atoms with Crippen LogP contribution in [0.3, 0.4) is 0 Å². The van der Waals surface area contributed by atoms with Crippen molar-refractivity contribution in [2.24, 2.45) is 10.9 Å². The Morgan fingerprint density at radius 1 is 1.27 bits per heavy atom. The van der Waals surface area contributed by atoms with E-state index in [1.807, 2.05) is 20.8 Å². The van der Waals surface area contributed by atoms with Gasteiger partial charge in [-0.2, -0.15) is 0 Å². The summed E-state index contributed by atoms with van der Waals surface area (Å²) < 4.78 is 25.4. The molecule has 1 unspecified atom stereocenters. The van der Waals surface area contributed by atoms with Crippen LogP contribution in [0, 0.1) is 25.6 Å². The van der Waals surface area contributed by atoms with Crippen molar-refractivity contribution in [3.8, 4) is 5.75 Å². The van der Waals surface area contributed by atoms with Crippen molar-refractivity contribution in [3.05, 3.63) is 47.4 Å². The van der Waals surface area contributed by atoms with E-state index in [1.54, 1.807) is 25.2 Å². The van der Waals surface area contributed by atoms with Crippen LogP contribution in [-0.4, -0.2) is 55.2 Å². The Hall–Kier alpha value is -1.88. The second-order valence-electron chi connectivity index (χ2n) is 8.38. The maximum atomic E-state index is 13.9. The quantitative estimate of drug-likeness (QED) is 0.265. The summed E-state index contributed by atoms with van der Waals surface area (Å²) in [6.07, 6.45) is 2.87. The highest BCUT2D eigenvalue weighted by molar-refractivity contribution is 14.0. The van der Waals surface area contributed by atoms with E-state index < -0.39 is 0 Å². The first-order valence-electron chi connectivity index (χ1n) is 11.5. The number of hydrogen-bond donors (Lipinski definition) is 2. The van der Waals surface area contributed by atoms with E-state index in [4.69, 9.17) is 9.15 Å². The lowest BCUT2D eigenvalue weighted by Gasteiger charge is -2.31. The predicted molar refractivity (Wildman–Crippen MR) is 140 cm³/mol. The Morgan fingerprint density at radius 2 is 2.00 bits per heavy atom. The molecule has 0 saturated carbocycles. The minimum absolute atomic E-state index is 0. The third-order valence-electron chi connectivity index (χ3n) is 6.00. The maximum absolute atomic E-state index is 13.9. The van der Waals surface area contributed by atoms with Crippen LogP contribution in [0.2, 0.25) is 0 Å². The number of nitrogens with zero attached hydrogens (tertiary/aromatic N) is 3. The molecule has 0 bridgehead atoms. The molecule has 33 heavy (non-hydrogen) atoms. The zero-order chi connectivity index (χ0) is 22.9. The highest BCUT2D eigenvalue weighted by Gasteiger charge is 2.21. The van der Waals surface area contributed by atoms with Crippen molar-refractivity contribution in [1.82, 2.24) is 20.5 Å². The Labute approximate surface area is 213 Å². The number of aliphatic imine (C=N–C) groups is 1. The molecule has 2 N–H and O–H groups in total. The molecule has 7 nitrogen and oxygen atoms in total. The number of guanidine groups is 1. The standard InChI is InChI=1S/C24H36FN5O2.HI/c1-5-20(32-22-9-7-6-8-21(22)25)15-28-24(26-4)27-14-19-10-12-30(13-11-19)16-23-29-17(2)18(3)31-23;/h6-9,19-20H,5,10-16H2,1-4H3,(H2,26,27,28);1H. The summed E-state index contributed by atoms with van der Waals surface area (Å²) in [5.41, 5.74) is 0.975. The van der Waals surface area contributed by atoms with Gasteiger partial charge in [0.05, 0.1) is 18.8 Å². The van der Waals surface area contributed by atoms with Gasteiger partial charge in [0, 0.05) is 13.6 Å². The summed E-state index contributed by atoms with van der Waals surface area (Å²) in [6, 6.07) is 6.50. The summed E-state index contributed by atoms with van der Waals surface area (Å²) in [6.45, 7) is 10.2. The first-order valence-corrected chi connectivity index (χ1v) is 11.5. The van der Waals surface area contributed by atoms with Gasteiger partial charge in [0.1, 0.15) is 11.9 Å². The molecule has 0 amide bonds. The highest BCUT2D eigenvalue weighted by atomic mass is 127. The Bertz CT molecular complexity index is 864. The molecule has 1 aromatic heterocycles. The normalized spacial score (nSPS) is 16.2. The number of ether oxygens (including phenoxy) is 1. The third kappa shape index (κ3) is 8.44. The van der Waals surface area contributed by atoms with Gasteiger partial charge in [0.15, 0.2) is 17.5 Å². The number of rotatable bonds is 9. The number of piperidine rings is 1. The second-order valence-corrected chi connectivity index (χ2v) is 8.38. The van der Waals surface area contributed by atoms with Gasteiger partial charge in [-0.3, -0.25) is 9.89 Å². The zero-order valence-electron chi connectivity index (χ0n) is 20.1. The molecule has 9 heteroatoms. The number of para-hydroxylation sites is 1. The fraction of sp³-hybridized carbons (Fsp3) is 0.583. The lowest BCUT2D eigenvalue weighted by molar-refractivity contribution is 0.164. The van der Waals surface area contributed by atoms with Gasteiger partial charge in [-0.25, -0.2) is 9.37 Å². The number of aromatic nitrogens is 1. The van der Waals surface area contributed by atoms with Crippen LogP contribution in [0.25, 0.3) is 0 Å². The van der Waals surface area contributed by atoms with E-state index >= 15 is 0 Å². The average molecular weight is 573 g/mol. The monoisotopic (exact) mass is 573 g/mol. The molecule has 1 atom stereocenters. The van der Waals surface area contributed by atoms with E-state index in [9.17, 15) is 4.39 Å². The molecular weight excluding hydrogens is 536 g/mol. The van der Waals surface area contributed by atoms with Crippen LogP contribution in [0.5, 0.6) is 5.75 Å². The fourth-order valence-electron chi connectivity index (χ4n) is 3.81. The van der Waals surface area contributed by atoms with Crippen molar-refractivity contribution >= 4 is 29.9 Å². The van der Waals surface area contributed by atoms with Crippen molar-refractivity contribution < 1.29 is 13.5 Å². The molecular formula is C24H37FIN5O2. The van der Waals surface area contributed by atoms with Gasteiger partial charge in [-0.05, 0) is 64.3 Å². The molecule has 1 aliphatic rings. The highest BCUT2D eigenvalue weighted by Crippen LogP contribution is 2.20. The summed E-state index contributed by atoms with van der Waals surface area (Å²) in [5, 5.41) is 6.74. The van der Waals surface area contributed by atoms with Crippen LogP contribution in [0.4, 0.5) is 4.39 Å². The first kappa shape index (κ1) is 27.4. The predicted octanol–water partition coefficient (Wildman–Crippen LogP) is 4.28. The Balaban J connectivity index is 0.00000385. The summed E-state index contributed by atoms with van der Waals surface area (Å²) >= 11 is 0. The zero-order valence-corrected chi connectivity index (χ0v) is 22.4. The summed E-state index contributed by atoms with van der Waals surface area (Å²) in [7, 11) is 1.76. The topological polar surface area (TPSA) is 74.9 Å². The third-order valence-corrected chi connectivity index (χ3v) is 6.00. The number of halogens is 2. The van der Waals surface area contributed by atoms with E-state index in [0.717, 1.165) is 68.7 Å². The van der Waals surface area contributed by atoms with Gasteiger partial charge in [-0.1, -0.05) is 19.1 Å². The SMILES string of the molecule is CCC(CNC(=NC)NCC1CCN(Cc2nc(C)c(C)o2)CC1)Oc1ccccc1F.I. The van der Waals surface area contributed by atoms with Crippen LogP contribution < -0.4 is 15.4 Å². The van der Waals surface area contributed by atoms with Crippen LogP contribution in [-0.2, 0) is 6.54 Å². The minimum atomic E-state index is -0.340. The summed E-state index contributed by atoms with van der Waals surface area (Å²) in [5.74, 6) is 2.99. The minimum Gasteiger partial charge on any atom is -0.486 e. The number of oxazole rings is 1. The van der Waals surface area contributed by atoms with Gasteiger partial charge >= 0.3 is 0 Å². The number of aryl methyl sites for hydroxylation is 2. The van der Waals surface area contributed by atoms with Crippen molar-refractivity contribution in [3.63, 3.8) is 0 Å². The molecule has 0 aliphatic carbocycles. The Kier molecular flexibility index (Phi) is 11.4. The van der Waals surface area contributed by atoms with E-state index in [0.29, 0.717) is 12.5 Å². The largest absolute Gasteiger partial charge is 0.486 e. The van der Waals surface area contributed by atoms with E-state index in [2.05, 4.69) is 25.5 Å². The fourth-order valence-corrected chi connectivity index (χ4v) is 3.81. The lowest BCUT2D eigenvalue weighted by atomic mass is 9.97. The average Bonchev–Trinajstić information content (AvgIpc) is 3.11. The molecule has 1 aliphatic heterocycles. The van der Waals surface area contributed by atoms with Gasteiger partial charge in [0.2, 0.25) is 5.89 Å². The lowest BCUT2D eigenvalue weighted by Crippen LogP contribution is -2.45. The molecule has 0 spiro atoms. The van der Waals surface area contributed by atoms with Crippen molar-refractivity contribution in [1.29, 1.82) is 0 Å². The second kappa shape index (κ2) is 13.7. The number of likely N-dealkylation sites (tertiary alicyclic amines) is 1. The molecule has 1 fully saturated rings. The summed E-state index contributed by atoms with van der Waals surface area (Å²) in [4.78, 5) is 11.2. The van der Waals surface area contributed by atoms with Crippen molar-refractivity contribution in [2.45, 2.75) is 52.7 Å². The maximum Gasteiger partial charge on any atom is 0.208 e. The number of hydrogen-bond acceptors (Lipinski definition) is 5. The molecule has 1 saturated heterocycles. The van der Waals surface area contributed by atoms with Crippen LogP contribution in [0.15, 0.2) is 33.7 Å². The van der Waals surface area contributed by atoms with E-state index in [1.165, 1.54) is 6.07 Å². The molecule has 1 aromatic carbocycles. The molecule has 184 valence electrons. The number of nitrogens with one attached hydrogen (secondary N) is 2. The molecule has 2 heterocycles. The molecule has 2 aromatic rings. The van der Waals surface area contributed by atoms with Gasteiger partial charge in [-0.15, -0.1) is 24.0 Å². The van der Waals surface area contributed by atoms with Crippen molar-refractivity contribution in [2.75, 3.05) is 33.2 Å². The Morgan fingerprint density at radius 3 is 2.61 bits per heavy atom. The molecule has 0 radical (unpaired) electrons. The van der Waals surface area contributed by atoms with E-state index in [-0.39, 0.29) is 41.6 Å². The number of benzene rings is 1. The first-order chi connectivity index (χ1) is 15.5. The van der Waals surface area contributed by atoms with Gasteiger partial charge in [0.25, 0.3) is 0 Å². The molecule has 3 rings (SSSR count). The van der Waals surface area contributed by atoms with Gasteiger partial charge < -0.3 is 19.8 Å². The van der Waals surface area contributed by atoms with Crippen LogP contribution in [0.1, 0.15) is 43.5 Å². The van der Waals surface area contributed by atoms with Crippen LogP contribution >= 0.6 is 24.0 Å². The smallest absolute Gasteiger partial charge is 0.208 e.